The molecule has 1 N–H and O–H groups in total. The van der Waals surface area contributed by atoms with Crippen LogP contribution in [0.3, 0.4) is 0 Å². The zero-order valence-electron chi connectivity index (χ0n) is 15.8. The third-order valence-corrected chi connectivity index (χ3v) is 4.89. The van der Waals surface area contributed by atoms with E-state index in [0.717, 1.165) is 44.5 Å². The Bertz CT molecular complexity index is 880. The number of hydrogen-bond donors (Lipinski definition) is 1. The maximum Gasteiger partial charge on any atom is 0.261 e. The second-order valence-corrected chi connectivity index (χ2v) is 6.91. The third kappa shape index (κ3) is 5.20. The van der Waals surface area contributed by atoms with Crippen LogP contribution in [0.5, 0.6) is 0 Å². The van der Waals surface area contributed by atoms with Crippen LogP contribution in [0.15, 0.2) is 54.1 Å². The summed E-state index contributed by atoms with van der Waals surface area (Å²) in [6.45, 7) is 2.33. The lowest BCUT2D eigenvalue weighted by atomic mass is 10.1. The smallest absolute Gasteiger partial charge is 0.261 e. The number of aryl methyl sites for hydroxylation is 1. The lowest BCUT2D eigenvalue weighted by molar-refractivity contribution is -0.117. The summed E-state index contributed by atoms with van der Waals surface area (Å²) in [4.78, 5) is 14.4. The molecule has 2 aromatic rings. The molecular formula is C23H24FN3O. The molecule has 1 saturated heterocycles. The van der Waals surface area contributed by atoms with Gasteiger partial charge in [0.1, 0.15) is 17.5 Å². The Morgan fingerprint density at radius 3 is 2.61 bits per heavy atom. The number of carbonyl (C=O) groups is 1. The molecule has 2 aromatic carbocycles. The Morgan fingerprint density at radius 2 is 1.93 bits per heavy atom. The van der Waals surface area contributed by atoms with Crippen LogP contribution in [0.1, 0.15) is 30.4 Å². The van der Waals surface area contributed by atoms with E-state index in [1.54, 1.807) is 6.07 Å². The SMILES string of the molecule is N#C/C(=C/c1ccc(N2CCCC2)cc1F)C(=O)NCCCc1ccccc1. The third-order valence-electron chi connectivity index (χ3n) is 4.89. The lowest BCUT2D eigenvalue weighted by Crippen LogP contribution is -2.25. The van der Waals surface area contributed by atoms with Gasteiger partial charge in [-0.15, -0.1) is 0 Å². The number of rotatable bonds is 7. The topological polar surface area (TPSA) is 56.1 Å². The quantitative estimate of drug-likeness (QED) is 0.449. The normalized spacial score (nSPS) is 14.0. The minimum Gasteiger partial charge on any atom is -0.371 e. The van der Waals surface area contributed by atoms with E-state index in [9.17, 15) is 14.4 Å². The fourth-order valence-electron chi connectivity index (χ4n) is 3.34. The van der Waals surface area contributed by atoms with Crippen LogP contribution >= 0.6 is 0 Å². The van der Waals surface area contributed by atoms with Gasteiger partial charge in [-0.2, -0.15) is 5.26 Å². The highest BCUT2D eigenvalue weighted by Crippen LogP contribution is 2.23. The monoisotopic (exact) mass is 377 g/mol. The molecule has 0 unspecified atom stereocenters. The molecule has 28 heavy (non-hydrogen) atoms. The minimum absolute atomic E-state index is 0.0902. The Labute approximate surface area is 165 Å². The van der Waals surface area contributed by atoms with Gasteiger partial charge in [0, 0.05) is 30.9 Å². The van der Waals surface area contributed by atoms with Crippen molar-refractivity contribution in [2.45, 2.75) is 25.7 Å². The second-order valence-electron chi connectivity index (χ2n) is 6.91. The number of amides is 1. The lowest BCUT2D eigenvalue weighted by Gasteiger charge is -2.17. The standard InChI is InChI=1S/C23H24FN3O/c24-22-16-21(27-13-4-5-14-27)11-10-19(22)15-20(17-25)23(28)26-12-6-9-18-7-2-1-3-8-18/h1-3,7-8,10-11,15-16H,4-6,9,12-14H2,(H,26,28)/b20-15-. The van der Waals surface area contributed by atoms with Gasteiger partial charge >= 0.3 is 0 Å². The number of nitrogens with zero attached hydrogens (tertiary/aromatic N) is 2. The molecule has 0 aliphatic carbocycles. The fraction of sp³-hybridized carbons (Fsp3) is 0.304. The first-order valence-corrected chi connectivity index (χ1v) is 9.66. The number of nitriles is 1. The van der Waals surface area contributed by atoms with E-state index in [4.69, 9.17) is 0 Å². The van der Waals surface area contributed by atoms with E-state index in [1.807, 2.05) is 42.5 Å². The maximum atomic E-state index is 14.4. The van der Waals surface area contributed by atoms with Crippen molar-refractivity contribution >= 4 is 17.7 Å². The van der Waals surface area contributed by atoms with Crippen molar-refractivity contribution in [3.05, 3.63) is 71.0 Å². The van der Waals surface area contributed by atoms with Crippen molar-refractivity contribution < 1.29 is 9.18 Å². The van der Waals surface area contributed by atoms with Crippen LogP contribution in [0.25, 0.3) is 6.08 Å². The molecule has 1 fully saturated rings. The zero-order chi connectivity index (χ0) is 19.8. The van der Waals surface area contributed by atoms with E-state index in [1.165, 1.54) is 17.7 Å². The molecule has 1 aliphatic rings. The highest BCUT2D eigenvalue weighted by Gasteiger charge is 2.15. The molecule has 5 heteroatoms. The van der Waals surface area contributed by atoms with Crippen molar-refractivity contribution in [3.8, 4) is 6.07 Å². The summed E-state index contributed by atoms with van der Waals surface area (Å²) in [5, 5.41) is 12.0. The van der Waals surface area contributed by atoms with Gasteiger partial charge in [0.05, 0.1) is 0 Å². The molecule has 4 nitrogen and oxygen atoms in total. The van der Waals surface area contributed by atoms with Crippen LogP contribution in [0.4, 0.5) is 10.1 Å². The highest BCUT2D eigenvalue weighted by atomic mass is 19.1. The van der Waals surface area contributed by atoms with E-state index >= 15 is 0 Å². The average molecular weight is 377 g/mol. The summed E-state index contributed by atoms with van der Waals surface area (Å²) >= 11 is 0. The maximum absolute atomic E-state index is 14.4. The number of nitrogens with one attached hydrogen (secondary N) is 1. The average Bonchev–Trinajstić information content (AvgIpc) is 3.26. The first kappa shape index (κ1) is 19.6. The van der Waals surface area contributed by atoms with Gasteiger partial charge in [-0.3, -0.25) is 4.79 Å². The Balaban J connectivity index is 1.58. The van der Waals surface area contributed by atoms with Crippen molar-refractivity contribution in [2.24, 2.45) is 0 Å². The summed E-state index contributed by atoms with van der Waals surface area (Å²) in [5.74, 6) is -0.896. The molecule has 1 amide bonds. The van der Waals surface area contributed by atoms with Gasteiger partial charge in [0.2, 0.25) is 0 Å². The molecule has 0 radical (unpaired) electrons. The number of anilines is 1. The summed E-state index contributed by atoms with van der Waals surface area (Å²) in [5.41, 5.74) is 2.20. The summed E-state index contributed by atoms with van der Waals surface area (Å²) in [6.07, 6.45) is 5.17. The van der Waals surface area contributed by atoms with E-state index < -0.39 is 11.7 Å². The molecule has 1 heterocycles. The number of hydrogen-bond acceptors (Lipinski definition) is 3. The molecule has 0 atom stereocenters. The van der Waals surface area contributed by atoms with E-state index in [0.29, 0.717) is 6.54 Å². The molecule has 0 spiro atoms. The fourth-order valence-corrected chi connectivity index (χ4v) is 3.34. The molecule has 144 valence electrons. The molecule has 0 bridgehead atoms. The summed E-state index contributed by atoms with van der Waals surface area (Å²) in [7, 11) is 0. The number of halogens is 1. The van der Waals surface area contributed by atoms with Gasteiger partial charge in [0.15, 0.2) is 0 Å². The van der Waals surface area contributed by atoms with Gasteiger partial charge in [-0.25, -0.2) is 4.39 Å². The van der Waals surface area contributed by atoms with Crippen LogP contribution in [0.2, 0.25) is 0 Å². The first-order valence-electron chi connectivity index (χ1n) is 9.66. The summed E-state index contributed by atoms with van der Waals surface area (Å²) in [6, 6.07) is 16.8. The highest BCUT2D eigenvalue weighted by molar-refractivity contribution is 6.01. The Hall–Kier alpha value is -3.13. The van der Waals surface area contributed by atoms with Gasteiger partial charge in [-0.1, -0.05) is 30.3 Å². The van der Waals surface area contributed by atoms with Crippen molar-refractivity contribution in [1.29, 1.82) is 5.26 Å². The minimum atomic E-state index is -0.474. The number of carbonyl (C=O) groups excluding carboxylic acids is 1. The Morgan fingerprint density at radius 1 is 1.18 bits per heavy atom. The second kappa shape index (κ2) is 9.70. The van der Waals surface area contributed by atoms with E-state index in [2.05, 4.69) is 10.2 Å². The van der Waals surface area contributed by atoms with Crippen LogP contribution in [-0.4, -0.2) is 25.5 Å². The van der Waals surface area contributed by atoms with Crippen LogP contribution < -0.4 is 10.2 Å². The van der Waals surface area contributed by atoms with E-state index in [-0.39, 0.29) is 11.1 Å². The van der Waals surface area contributed by atoms with Gasteiger partial charge in [-0.05, 0) is 55.5 Å². The van der Waals surface area contributed by atoms with Crippen molar-refractivity contribution in [3.63, 3.8) is 0 Å². The van der Waals surface area contributed by atoms with Crippen LogP contribution in [-0.2, 0) is 11.2 Å². The van der Waals surface area contributed by atoms with Crippen molar-refractivity contribution in [1.82, 2.24) is 5.32 Å². The predicted molar refractivity (Wildman–Crippen MR) is 109 cm³/mol. The molecule has 0 saturated carbocycles. The van der Waals surface area contributed by atoms with Gasteiger partial charge < -0.3 is 10.2 Å². The molecule has 0 aromatic heterocycles. The zero-order valence-corrected chi connectivity index (χ0v) is 15.8. The predicted octanol–water partition coefficient (Wildman–Crippen LogP) is 4.08. The molecular weight excluding hydrogens is 353 g/mol. The molecule has 3 rings (SSSR count). The van der Waals surface area contributed by atoms with Crippen molar-refractivity contribution in [2.75, 3.05) is 24.5 Å². The summed E-state index contributed by atoms with van der Waals surface area (Å²) < 4.78 is 14.4. The van der Waals surface area contributed by atoms with Crippen LogP contribution in [0, 0.1) is 17.1 Å². The van der Waals surface area contributed by atoms with Gasteiger partial charge in [0.25, 0.3) is 5.91 Å². The first-order chi connectivity index (χ1) is 13.7. The number of benzene rings is 2. The molecule has 1 aliphatic heterocycles. The Kier molecular flexibility index (Phi) is 6.80. The largest absolute Gasteiger partial charge is 0.371 e.